The molecule has 5 aliphatic rings. The van der Waals surface area contributed by atoms with Crippen LogP contribution < -0.4 is 10.4 Å². The molecule has 11 heteroatoms. The number of rotatable bonds is 7. The molecule has 1 aromatic carbocycles. The molecule has 1 spiro atoms. The highest BCUT2D eigenvalue weighted by atomic mass is 17.3. The summed E-state index contributed by atoms with van der Waals surface area (Å²) < 4.78 is 32.0. The van der Waals surface area contributed by atoms with Gasteiger partial charge >= 0.3 is 5.63 Å². The molecule has 2 aromatic heterocycles. The van der Waals surface area contributed by atoms with E-state index in [4.69, 9.17) is 33.1 Å². The topological polar surface area (TPSA) is 116 Å². The highest BCUT2D eigenvalue weighted by Gasteiger charge is 2.69. The van der Waals surface area contributed by atoms with Crippen molar-refractivity contribution < 1.29 is 33.1 Å². The van der Waals surface area contributed by atoms with Crippen molar-refractivity contribution >= 4 is 11.0 Å². The summed E-state index contributed by atoms with van der Waals surface area (Å²) in [6, 6.07) is 6.90. The van der Waals surface area contributed by atoms with E-state index in [0.717, 1.165) is 42.3 Å². The fraction of sp³-hybridized carbons (Fsp3) is 0.633. The number of nitrogens with zero attached hydrogens (tertiary/aromatic N) is 3. The molecule has 3 aromatic rings. The van der Waals surface area contributed by atoms with E-state index in [1.165, 1.54) is 6.07 Å². The van der Waals surface area contributed by atoms with Crippen LogP contribution in [0, 0.1) is 30.6 Å². The van der Waals surface area contributed by atoms with Crippen LogP contribution in [0.2, 0.25) is 0 Å². The third-order valence-electron chi connectivity index (χ3n) is 9.61. The van der Waals surface area contributed by atoms with E-state index in [1.807, 2.05) is 32.2 Å². The summed E-state index contributed by atoms with van der Waals surface area (Å²) in [5, 5.41) is 9.32. The predicted molar refractivity (Wildman–Crippen MR) is 144 cm³/mol. The first-order chi connectivity index (χ1) is 19.7. The van der Waals surface area contributed by atoms with E-state index in [-0.39, 0.29) is 24.2 Å². The lowest BCUT2D eigenvalue weighted by Gasteiger charge is -2.60. The molecule has 1 aliphatic carbocycles. The summed E-state index contributed by atoms with van der Waals surface area (Å²) in [5.74, 6) is 0.962. The van der Waals surface area contributed by atoms with Crippen LogP contribution >= 0.6 is 0 Å². The molecule has 0 unspecified atom stereocenters. The van der Waals surface area contributed by atoms with Gasteiger partial charge in [-0.2, -0.15) is 0 Å². The van der Waals surface area contributed by atoms with Gasteiger partial charge in [-0.25, -0.2) is 19.3 Å². The normalized spacial score (nSPS) is 36.2. The smallest absolute Gasteiger partial charge is 0.336 e. The standard InChI is InChI=1S/C30H37N3O8/c1-17-5-8-24-19(3)27(38-28-30(24)23(17)9-11-29(4,39-28)40-41-30)35-12-10-20-15-33(32-31-20)16-36-21-6-7-22-18(2)13-26(34)37-25(22)14-21/h6-7,13-15,17,19,23-24,27-28H,5,8-12,16H2,1-4H3/t17-,19-,23+,24+,27+,28-,29-,30-/m1/s1. The molecule has 8 rings (SSSR count). The van der Waals surface area contributed by atoms with Crippen molar-refractivity contribution in [3.63, 3.8) is 0 Å². The van der Waals surface area contributed by atoms with Crippen LogP contribution in [0.3, 0.4) is 0 Å². The number of aryl methyl sites for hydroxylation is 1. The fourth-order valence-electron chi connectivity index (χ4n) is 7.39. The van der Waals surface area contributed by atoms with Crippen LogP contribution in [0.5, 0.6) is 5.75 Å². The SMILES string of the molecule is Cc1cc(=O)oc2cc(OCn3cc(CCO[C@H]4O[C@@H]5O[C@@]6(C)CC[C@H]7[C@H](C)CC[C@@H]([C@H]4C)[C@@]57OO6)nn3)ccc12. The Morgan fingerprint density at radius 3 is 2.88 bits per heavy atom. The Morgan fingerprint density at radius 2 is 2.00 bits per heavy atom. The van der Waals surface area contributed by atoms with Crippen LogP contribution in [-0.4, -0.2) is 45.6 Å². The fourth-order valence-corrected chi connectivity index (χ4v) is 7.39. The van der Waals surface area contributed by atoms with Gasteiger partial charge in [0.2, 0.25) is 5.79 Å². The van der Waals surface area contributed by atoms with Crippen molar-refractivity contribution in [3.05, 3.63) is 52.1 Å². The molecule has 0 radical (unpaired) electrons. The summed E-state index contributed by atoms with van der Waals surface area (Å²) in [4.78, 5) is 23.8. The second-order valence-corrected chi connectivity index (χ2v) is 12.3. The van der Waals surface area contributed by atoms with Crippen molar-refractivity contribution in [2.45, 2.75) is 90.5 Å². The molecule has 8 atom stereocenters. The van der Waals surface area contributed by atoms with Crippen LogP contribution in [0.4, 0.5) is 0 Å². The molecular formula is C30H37N3O8. The van der Waals surface area contributed by atoms with Gasteiger partial charge in [-0.1, -0.05) is 19.1 Å². The molecule has 220 valence electrons. The highest BCUT2D eigenvalue weighted by Crippen LogP contribution is 2.60. The Labute approximate surface area is 237 Å². The van der Waals surface area contributed by atoms with Gasteiger partial charge in [0.15, 0.2) is 24.9 Å². The molecule has 11 nitrogen and oxygen atoms in total. The Hall–Kier alpha value is -2.83. The number of hydrogen-bond donors (Lipinski definition) is 0. The summed E-state index contributed by atoms with van der Waals surface area (Å²) >= 11 is 0. The number of benzene rings is 1. The van der Waals surface area contributed by atoms with Crippen LogP contribution in [0.1, 0.15) is 57.7 Å². The lowest BCUT2D eigenvalue weighted by Crippen LogP contribution is -2.70. The minimum Gasteiger partial charge on any atom is -0.471 e. The summed E-state index contributed by atoms with van der Waals surface area (Å²) in [7, 11) is 0. The number of hydrogen-bond acceptors (Lipinski definition) is 10. The highest BCUT2D eigenvalue weighted by molar-refractivity contribution is 5.81. The van der Waals surface area contributed by atoms with Gasteiger partial charge in [-0.3, -0.25) is 0 Å². The van der Waals surface area contributed by atoms with Gasteiger partial charge in [-0.15, -0.1) is 5.10 Å². The van der Waals surface area contributed by atoms with Gasteiger partial charge in [0.05, 0.1) is 18.5 Å². The molecule has 41 heavy (non-hydrogen) atoms. The zero-order valence-corrected chi connectivity index (χ0v) is 23.9. The van der Waals surface area contributed by atoms with Gasteiger partial charge < -0.3 is 23.4 Å². The predicted octanol–water partition coefficient (Wildman–Crippen LogP) is 4.50. The van der Waals surface area contributed by atoms with Crippen LogP contribution in [-0.2, 0) is 37.1 Å². The maximum atomic E-state index is 11.7. The monoisotopic (exact) mass is 567 g/mol. The third-order valence-corrected chi connectivity index (χ3v) is 9.61. The Balaban J connectivity index is 0.967. The second-order valence-electron chi connectivity index (χ2n) is 12.3. The van der Waals surface area contributed by atoms with Crippen molar-refractivity contribution in [1.82, 2.24) is 15.0 Å². The number of aromatic nitrogens is 3. The van der Waals surface area contributed by atoms with Crippen molar-refractivity contribution in [2.24, 2.45) is 23.7 Å². The molecular weight excluding hydrogens is 530 g/mol. The van der Waals surface area contributed by atoms with Crippen molar-refractivity contribution in [2.75, 3.05) is 6.61 Å². The molecule has 5 fully saturated rings. The number of fused-ring (bicyclic) bond motifs is 3. The molecule has 2 bridgehead atoms. The lowest BCUT2D eigenvalue weighted by molar-refractivity contribution is -0.577. The Kier molecular flexibility index (Phi) is 6.70. The quantitative estimate of drug-likeness (QED) is 0.298. The zero-order valence-electron chi connectivity index (χ0n) is 23.9. The first kappa shape index (κ1) is 27.0. The van der Waals surface area contributed by atoms with E-state index < -0.39 is 24.0 Å². The van der Waals surface area contributed by atoms with Crippen molar-refractivity contribution in [1.29, 1.82) is 0 Å². The summed E-state index contributed by atoms with van der Waals surface area (Å²) in [5.41, 5.74) is 1.16. The Morgan fingerprint density at radius 1 is 1.12 bits per heavy atom. The van der Waals surface area contributed by atoms with Gasteiger partial charge in [0.25, 0.3) is 0 Å². The largest absolute Gasteiger partial charge is 0.471 e. The van der Waals surface area contributed by atoms with Crippen molar-refractivity contribution in [3.8, 4) is 5.75 Å². The van der Waals surface area contributed by atoms with E-state index in [9.17, 15) is 4.79 Å². The molecule has 4 saturated heterocycles. The first-order valence-electron chi connectivity index (χ1n) is 14.6. The third kappa shape index (κ3) is 4.67. The summed E-state index contributed by atoms with van der Waals surface area (Å²) in [6.07, 6.45) is 5.44. The Bertz CT molecular complexity index is 1490. The second kappa shape index (κ2) is 10.2. The van der Waals surface area contributed by atoms with Crippen LogP contribution in [0.25, 0.3) is 11.0 Å². The van der Waals surface area contributed by atoms with E-state index in [2.05, 4.69) is 24.2 Å². The summed E-state index contributed by atoms with van der Waals surface area (Å²) in [6.45, 7) is 8.90. The molecule has 4 aliphatic heterocycles. The molecule has 1 saturated carbocycles. The van der Waals surface area contributed by atoms with E-state index in [0.29, 0.717) is 36.2 Å². The first-order valence-corrected chi connectivity index (χ1v) is 14.6. The average molecular weight is 568 g/mol. The maximum Gasteiger partial charge on any atom is 0.336 e. The number of ether oxygens (including phenoxy) is 4. The zero-order chi connectivity index (χ0) is 28.4. The van der Waals surface area contributed by atoms with Crippen LogP contribution in [0.15, 0.2) is 39.7 Å². The minimum atomic E-state index is -0.803. The van der Waals surface area contributed by atoms with Gasteiger partial charge in [0, 0.05) is 42.2 Å². The average Bonchev–Trinajstić information content (AvgIpc) is 3.27. The minimum absolute atomic E-state index is 0.121. The lowest BCUT2D eigenvalue weighted by atomic mass is 9.58. The van der Waals surface area contributed by atoms with E-state index in [1.54, 1.807) is 10.7 Å². The molecule has 0 N–H and O–H groups in total. The van der Waals surface area contributed by atoms with Gasteiger partial charge in [-0.05, 0) is 62.6 Å². The maximum absolute atomic E-state index is 11.7. The van der Waals surface area contributed by atoms with Gasteiger partial charge in [0.1, 0.15) is 11.3 Å². The molecule has 0 amide bonds. The molecule has 6 heterocycles. The van der Waals surface area contributed by atoms with E-state index >= 15 is 0 Å².